The standard InChI is InChI=1S/C27H32N6O5S/c1-14(2)22(28)26(35)32-27-31-23(15(3)39-27)16-7-8-18(19(9-16)33-13-29-12-30-33)24(34)17-10-20(36-4)25(38-6)21(11-17)37-5/h7-15,22-23H,28H2,1-6H3,(H,31,32,35)/t15?,22-,23?/m0/s1. The van der Waals surface area contributed by atoms with Crippen molar-refractivity contribution in [2.24, 2.45) is 16.6 Å². The molecule has 2 unspecified atom stereocenters. The molecule has 1 amide bonds. The summed E-state index contributed by atoms with van der Waals surface area (Å²) in [5.41, 5.74) is 8.14. The second kappa shape index (κ2) is 11.9. The van der Waals surface area contributed by atoms with Crippen molar-refractivity contribution in [3.05, 3.63) is 59.7 Å². The van der Waals surface area contributed by atoms with Crippen molar-refractivity contribution in [1.29, 1.82) is 0 Å². The van der Waals surface area contributed by atoms with Crippen LogP contribution in [0.25, 0.3) is 5.69 Å². The minimum atomic E-state index is -0.623. The number of hydrogen-bond acceptors (Lipinski definition) is 10. The lowest BCUT2D eigenvalue weighted by Gasteiger charge is -2.17. The van der Waals surface area contributed by atoms with Crippen molar-refractivity contribution in [3.8, 4) is 22.9 Å². The molecule has 1 aliphatic heterocycles. The molecule has 0 bridgehead atoms. The normalized spacial score (nSPS) is 17.5. The molecule has 4 rings (SSSR count). The van der Waals surface area contributed by atoms with E-state index < -0.39 is 6.04 Å². The first-order valence-electron chi connectivity index (χ1n) is 12.3. The van der Waals surface area contributed by atoms with E-state index in [9.17, 15) is 9.59 Å². The van der Waals surface area contributed by atoms with E-state index in [0.29, 0.717) is 39.2 Å². The van der Waals surface area contributed by atoms with Crippen molar-refractivity contribution in [2.75, 3.05) is 21.3 Å². The quantitative estimate of drug-likeness (QED) is 0.383. The Balaban J connectivity index is 1.72. The Morgan fingerprint density at radius 1 is 1.08 bits per heavy atom. The third kappa shape index (κ3) is 5.76. The molecule has 0 saturated carbocycles. The number of carbonyl (C=O) groups excluding carboxylic acids is 2. The summed E-state index contributed by atoms with van der Waals surface area (Å²) in [7, 11) is 4.50. The third-order valence-electron chi connectivity index (χ3n) is 6.45. The Morgan fingerprint density at radius 2 is 1.77 bits per heavy atom. The maximum atomic E-state index is 13.8. The summed E-state index contributed by atoms with van der Waals surface area (Å²) in [6.07, 6.45) is 2.93. The highest BCUT2D eigenvalue weighted by molar-refractivity contribution is 8.14. The number of hydrogen-bond donors (Lipinski definition) is 2. The smallest absolute Gasteiger partial charge is 0.243 e. The lowest BCUT2D eigenvalue weighted by atomic mass is 9.96. The number of amides is 1. The number of thioether (sulfide) groups is 1. The SMILES string of the molecule is COc1cc(C(=O)c2ccc(C3N=C(NC(=O)[C@@H](N)C(C)C)SC3C)cc2-n2cncn2)cc(OC)c1OC. The number of methoxy groups -OCH3 is 3. The molecule has 3 atom stereocenters. The fourth-order valence-electron chi connectivity index (χ4n) is 4.22. The first kappa shape index (κ1) is 28.1. The maximum Gasteiger partial charge on any atom is 0.243 e. The molecule has 0 aliphatic carbocycles. The Hall–Kier alpha value is -3.90. The maximum absolute atomic E-state index is 13.8. The topological polar surface area (TPSA) is 143 Å². The van der Waals surface area contributed by atoms with Gasteiger partial charge in [-0.3, -0.25) is 14.6 Å². The number of carbonyl (C=O) groups is 2. The highest BCUT2D eigenvalue weighted by atomic mass is 32.2. The van der Waals surface area contributed by atoms with E-state index in [4.69, 9.17) is 24.9 Å². The van der Waals surface area contributed by atoms with E-state index in [1.54, 1.807) is 18.2 Å². The monoisotopic (exact) mass is 552 g/mol. The molecular weight excluding hydrogens is 520 g/mol. The van der Waals surface area contributed by atoms with Crippen LogP contribution in [-0.2, 0) is 4.79 Å². The van der Waals surface area contributed by atoms with Crippen LogP contribution in [0, 0.1) is 5.92 Å². The van der Waals surface area contributed by atoms with Crippen molar-refractivity contribution >= 4 is 28.6 Å². The van der Waals surface area contributed by atoms with Crippen LogP contribution in [0.3, 0.4) is 0 Å². The number of aromatic nitrogens is 3. The molecule has 0 spiro atoms. The molecule has 39 heavy (non-hydrogen) atoms. The summed E-state index contributed by atoms with van der Waals surface area (Å²) >= 11 is 1.47. The van der Waals surface area contributed by atoms with Gasteiger partial charge in [0.25, 0.3) is 0 Å². The number of nitrogens with two attached hydrogens (primary N) is 1. The molecule has 11 nitrogen and oxygen atoms in total. The van der Waals surface area contributed by atoms with E-state index in [1.807, 2.05) is 32.9 Å². The molecule has 2 aromatic carbocycles. The molecule has 2 heterocycles. The summed E-state index contributed by atoms with van der Waals surface area (Å²) in [6, 6.07) is 7.82. The second-order valence-electron chi connectivity index (χ2n) is 9.32. The van der Waals surface area contributed by atoms with Crippen LogP contribution in [0.15, 0.2) is 48.0 Å². The number of nitrogens with zero attached hydrogens (tertiary/aromatic N) is 4. The summed E-state index contributed by atoms with van der Waals surface area (Å²) in [6.45, 7) is 5.82. The van der Waals surface area contributed by atoms with Gasteiger partial charge in [0.1, 0.15) is 12.7 Å². The number of amidine groups is 1. The van der Waals surface area contributed by atoms with Gasteiger partial charge in [-0.2, -0.15) is 5.10 Å². The lowest BCUT2D eigenvalue weighted by molar-refractivity contribution is -0.121. The Labute approximate surface area is 231 Å². The molecule has 0 fully saturated rings. The molecule has 0 radical (unpaired) electrons. The van der Waals surface area contributed by atoms with Crippen LogP contribution in [0.1, 0.15) is 48.3 Å². The highest BCUT2D eigenvalue weighted by Crippen LogP contribution is 2.40. The van der Waals surface area contributed by atoms with Gasteiger partial charge < -0.3 is 25.3 Å². The van der Waals surface area contributed by atoms with Gasteiger partial charge in [-0.1, -0.05) is 38.6 Å². The van der Waals surface area contributed by atoms with Crippen LogP contribution in [0.2, 0.25) is 0 Å². The van der Waals surface area contributed by atoms with Gasteiger partial charge in [0.2, 0.25) is 11.7 Å². The van der Waals surface area contributed by atoms with Crippen molar-refractivity contribution < 1.29 is 23.8 Å². The molecule has 206 valence electrons. The van der Waals surface area contributed by atoms with Crippen molar-refractivity contribution in [1.82, 2.24) is 20.1 Å². The number of rotatable bonds is 9. The number of ketones is 1. The fraction of sp³-hybridized carbons (Fsp3) is 0.370. The minimum Gasteiger partial charge on any atom is -0.493 e. The number of aliphatic imine (C=N–C) groups is 1. The second-order valence-corrected chi connectivity index (χ2v) is 10.7. The Kier molecular flexibility index (Phi) is 8.56. The van der Waals surface area contributed by atoms with Crippen LogP contribution in [0.5, 0.6) is 17.2 Å². The van der Waals surface area contributed by atoms with Gasteiger partial charge in [-0.25, -0.2) is 9.67 Å². The molecule has 3 N–H and O–H groups in total. The van der Waals surface area contributed by atoms with Crippen LogP contribution < -0.4 is 25.3 Å². The summed E-state index contributed by atoms with van der Waals surface area (Å²) < 4.78 is 17.8. The van der Waals surface area contributed by atoms with Crippen LogP contribution in [0.4, 0.5) is 0 Å². The third-order valence-corrected chi connectivity index (χ3v) is 7.51. The van der Waals surface area contributed by atoms with Gasteiger partial charge >= 0.3 is 0 Å². The molecular formula is C27H32N6O5S. The van der Waals surface area contributed by atoms with Crippen molar-refractivity contribution in [2.45, 2.75) is 38.1 Å². The molecule has 12 heteroatoms. The average Bonchev–Trinajstić information content (AvgIpc) is 3.60. The van der Waals surface area contributed by atoms with E-state index >= 15 is 0 Å². The first-order valence-corrected chi connectivity index (χ1v) is 13.2. The zero-order valence-corrected chi connectivity index (χ0v) is 23.5. The Morgan fingerprint density at radius 3 is 2.33 bits per heavy atom. The number of ether oxygens (including phenoxy) is 3. The molecule has 1 aromatic heterocycles. The summed E-state index contributed by atoms with van der Waals surface area (Å²) in [4.78, 5) is 35.1. The lowest BCUT2D eigenvalue weighted by Crippen LogP contribution is -2.45. The molecule has 1 aliphatic rings. The van der Waals surface area contributed by atoms with E-state index in [0.717, 1.165) is 5.56 Å². The predicted molar refractivity (Wildman–Crippen MR) is 149 cm³/mol. The zero-order valence-electron chi connectivity index (χ0n) is 22.7. The number of benzene rings is 2. The van der Waals surface area contributed by atoms with Crippen LogP contribution >= 0.6 is 11.8 Å². The summed E-state index contributed by atoms with van der Waals surface area (Å²) in [5, 5.41) is 7.67. The number of nitrogens with one attached hydrogen (secondary N) is 1. The largest absolute Gasteiger partial charge is 0.493 e. The minimum absolute atomic E-state index is 0.00572. The van der Waals surface area contributed by atoms with Gasteiger partial charge in [0.15, 0.2) is 22.4 Å². The molecule has 0 saturated heterocycles. The van der Waals surface area contributed by atoms with Gasteiger partial charge in [-0.05, 0) is 35.7 Å². The highest BCUT2D eigenvalue weighted by Gasteiger charge is 2.31. The first-order chi connectivity index (χ1) is 18.7. The van der Waals surface area contributed by atoms with E-state index in [-0.39, 0.29) is 28.9 Å². The summed E-state index contributed by atoms with van der Waals surface area (Å²) in [5.74, 6) is 0.615. The van der Waals surface area contributed by atoms with Crippen LogP contribution in [-0.4, -0.2) is 64.2 Å². The van der Waals surface area contributed by atoms with Gasteiger partial charge in [-0.15, -0.1) is 0 Å². The van der Waals surface area contributed by atoms with Gasteiger partial charge in [0, 0.05) is 16.4 Å². The van der Waals surface area contributed by atoms with Crippen molar-refractivity contribution in [3.63, 3.8) is 0 Å². The van der Waals surface area contributed by atoms with E-state index in [2.05, 4.69) is 15.4 Å². The molecule has 3 aromatic rings. The Bertz CT molecular complexity index is 1370. The zero-order chi connectivity index (χ0) is 28.3. The fourth-order valence-corrected chi connectivity index (χ4v) is 5.25. The van der Waals surface area contributed by atoms with E-state index in [1.165, 1.54) is 50.4 Å². The predicted octanol–water partition coefficient (Wildman–Crippen LogP) is 3.16. The average molecular weight is 553 g/mol. The van der Waals surface area contributed by atoms with Gasteiger partial charge in [0.05, 0.1) is 39.1 Å².